The van der Waals surface area contributed by atoms with Crippen LogP contribution in [0.15, 0.2) is 24.3 Å². The average Bonchev–Trinajstić information content (AvgIpc) is 2.89. The number of hydrogen-bond donors (Lipinski definition) is 0. The molecule has 29 heavy (non-hydrogen) atoms. The number of benzene rings is 1. The van der Waals surface area contributed by atoms with Gasteiger partial charge in [-0.15, -0.1) is 0 Å². The number of nitrogens with zero attached hydrogens (tertiary/aromatic N) is 2. The first-order chi connectivity index (χ1) is 13.5. The Bertz CT molecular complexity index is 945. The number of Topliss-reactive ketones (excluding diaryl/α,β-unsaturated/α-hetero) is 1. The number of rotatable bonds is 6. The van der Waals surface area contributed by atoms with Crippen LogP contribution in [0.4, 0.5) is 4.39 Å². The number of halogens is 1. The summed E-state index contributed by atoms with van der Waals surface area (Å²) in [6.07, 6.45) is 0. The molecule has 1 amide bonds. The Labute approximate surface area is 170 Å². The maximum atomic E-state index is 13.4. The predicted molar refractivity (Wildman–Crippen MR) is 108 cm³/mol. The van der Waals surface area contributed by atoms with E-state index >= 15 is 0 Å². The predicted octanol–water partition coefficient (Wildman–Crippen LogP) is 3.69. The number of ketones is 1. The Balaban J connectivity index is 2.47. The Morgan fingerprint density at radius 3 is 2.10 bits per heavy atom. The van der Waals surface area contributed by atoms with Crippen LogP contribution < -0.4 is 0 Å². The molecule has 0 aliphatic heterocycles. The second kappa shape index (κ2) is 8.59. The number of aromatic nitrogens is 1. The lowest BCUT2D eigenvalue weighted by Crippen LogP contribution is -2.47. The highest BCUT2D eigenvalue weighted by atomic mass is 19.1. The summed E-state index contributed by atoms with van der Waals surface area (Å²) in [5.74, 6) is -1.59. The monoisotopic (exact) mass is 402 g/mol. The van der Waals surface area contributed by atoms with Crippen LogP contribution >= 0.6 is 0 Å². The lowest BCUT2D eigenvalue weighted by atomic mass is 9.98. The van der Waals surface area contributed by atoms with Gasteiger partial charge >= 0.3 is 5.97 Å². The third kappa shape index (κ3) is 4.09. The molecule has 156 valence electrons. The van der Waals surface area contributed by atoms with Crippen LogP contribution in [0, 0.1) is 19.7 Å². The van der Waals surface area contributed by atoms with Crippen molar-refractivity contribution in [3.63, 3.8) is 0 Å². The van der Waals surface area contributed by atoms with Crippen molar-refractivity contribution in [1.29, 1.82) is 0 Å². The Hall–Kier alpha value is -2.96. The summed E-state index contributed by atoms with van der Waals surface area (Å²) < 4.78 is 19.7. The summed E-state index contributed by atoms with van der Waals surface area (Å²) in [5, 5.41) is 0. The smallest absolute Gasteiger partial charge is 0.354 e. The summed E-state index contributed by atoms with van der Waals surface area (Å²) in [4.78, 5) is 40.0. The molecule has 0 unspecified atom stereocenters. The van der Waals surface area contributed by atoms with Crippen LogP contribution in [0.25, 0.3) is 0 Å². The first-order valence-corrected chi connectivity index (χ1v) is 9.39. The topological polar surface area (TPSA) is 68.6 Å². The molecular formula is C22H27FN2O4. The fourth-order valence-electron chi connectivity index (χ4n) is 3.66. The highest BCUT2D eigenvalue weighted by Gasteiger charge is 2.33. The normalized spacial score (nSPS) is 12.0. The summed E-state index contributed by atoms with van der Waals surface area (Å²) in [6.45, 7) is 8.74. The molecule has 0 bridgehead atoms. The van der Waals surface area contributed by atoms with Gasteiger partial charge < -0.3 is 14.2 Å². The zero-order valence-electron chi connectivity index (χ0n) is 17.9. The van der Waals surface area contributed by atoms with Gasteiger partial charge in [0.2, 0.25) is 0 Å². The molecule has 0 saturated carbocycles. The number of hydrogen-bond acceptors (Lipinski definition) is 4. The molecule has 2 rings (SSSR count). The van der Waals surface area contributed by atoms with E-state index in [0.717, 1.165) is 0 Å². The number of amides is 1. The van der Waals surface area contributed by atoms with Gasteiger partial charge in [0.25, 0.3) is 5.91 Å². The quantitative estimate of drug-likeness (QED) is 0.546. The van der Waals surface area contributed by atoms with E-state index in [0.29, 0.717) is 28.1 Å². The molecule has 0 N–H and O–H groups in total. The molecule has 6 nitrogen and oxygen atoms in total. The minimum atomic E-state index is -0.780. The molecule has 1 aromatic carbocycles. The van der Waals surface area contributed by atoms with Crippen molar-refractivity contribution in [1.82, 2.24) is 9.47 Å². The molecule has 0 spiro atoms. The van der Waals surface area contributed by atoms with Gasteiger partial charge in [-0.2, -0.15) is 0 Å². The number of carbonyl (C=O) groups excluding carboxylic acids is 3. The van der Waals surface area contributed by atoms with E-state index < -0.39 is 17.8 Å². The summed E-state index contributed by atoms with van der Waals surface area (Å²) in [6, 6.07) is 4.18. The van der Waals surface area contributed by atoms with Crippen molar-refractivity contribution < 1.29 is 23.5 Å². The van der Waals surface area contributed by atoms with E-state index in [2.05, 4.69) is 0 Å². The second-order valence-corrected chi connectivity index (χ2v) is 7.34. The fraction of sp³-hybridized carbons (Fsp3) is 0.409. The van der Waals surface area contributed by atoms with Crippen molar-refractivity contribution >= 4 is 17.7 Å². The summed E-state index contributed by atoms with van der Waals surface area (Å²) >= 11 is 0. The molecule has 0 aliphatic rings. The van der Waals surface area contributed by atoms with Crippen LogP contribution in [0.1, 0.15) is 63.2 Å². The molecule has 1 aromatic heterocycles. The third-order valence-corrected chi connectivity index (χ3v) is 5.23. The average molecular weight is 402 g/mol. The van der Waals surface area contributed by atoms with Gasteiger partial charge in [0.1, 0.15) is 11.5 Å². The standard InChI is InChI=1S/C22H27FN2O4/c1-12(2)25(21(27)16-8-10-17(23)11-9-16)15(5)20(26)18-13(3)19(22(28)29-7)24(6)14(18)4/h8-12,15H,1-7H3/t15-/m1/s1. The number of methoxy groups -OCH3 is 1. The Morgan fingerprint density at radius 2 is 1.62 bits per heavy atom. The van der Waals surface area contributed by atoms with Gasteiger partial charge in [-0.1, -0.05) is 0 Å². The summed E-state index contributed by atoms with van der Waals surface area (Å²) in [5.41, 5.74) is 2.15. The highest BCUT2D eigenvalue weighted by Crippen LogP contribution is 2.25. The number of esters is 1. The van der Waals surface area contributed by atoms with E-state index in [1.165, 1.54) is 36.3 Å². The molecule has 0 radical (unpaired) electrons. The molecule has 0 saturated heterocycles. The zero-order chi connectivity index (χ0) is 22.0. The van der Waals surface area contributed by atoms with Gasteiger partial charge in [0, 0.05) is 29.9 Å². The van der Waals surface area contributed by atoms with Gasteiger partial charge in [-0.25, -0.2) is 9.18 Å². The van der Waals surface area contributed by atoms with E-state index in [9.17, 15) is 18.8 Å². The van der Waals surface area contributed by atoms with Gasteiger partial charge in [0.15, 0.2) is 5.78 Å². The largest absolute Gasteiger partial charge is 0.464 e. The molecule has 0 aliphatic carbocycles. The van der Waals surface area contributed by atoms with Gasteiger partial charge in [-0.3, -0.25) is 9.59 Å². The Morgan fingerprint density at radius 1 is 1.07 bits per heavy atom. The molecule has 2 aromatic rings. The minimum absolute atomic E-state index is 0.268. The lowest BCUT2D eigenvalue weighted by molar-refractivity contribution is 0.0565. The van der Waals surface area contributed by atoms with Crippen LogP contribution in [0.2, 0.25) is 0 Å². The van der Waals surface area contributed by atoms with Crippen molar-refractivity contribution in [2.75, 3.05) is 7.11 Å². The molecule has 1 atom stereocenters. The molecular weight excluding hydrogens is 375 g/mol. The van der Waals surface area contributed by atoms with Gasteiger partial charge in [-0.05, 0) is 64.4 Å². The van der Waals surface area contributed by atoms with Gasteiger partial charge in [0.05, 0.1) is 13.2 Å². The van der Waals surface area contributed by atoms with E-state index in [1.54, 1.807) is 32.4 Å². The van der Waals surface area contributed by atoms with Crippen molar-refractivity contribution in [3.8, 4) is 0 Å². The lowest BCUT2D eigenvalue weighted by Gasteiger charge is -2.32. The second-order valence-electron chi connectivity index (χ2n) is 7.34. The van der Waals surface area contributed by atoms with E-state index in [-0.39, 0.29) is 17.7 Å². The molecule has 7 heteroatoms. The Kier molecular flexibility index (Phi) is 6.62. The van der Waals surface area contributed by atoms with E-state index in [4.69, 9.17) is 4.74 Å². The first-order valence-electron chi connectivity index (χ1n) is 9.39. The van der Waals surface area contributed by atoms with Crippen LogP contribution in [-0.4, -0.2) is 46.3 Å². The zero-order valence-corrected chi connectivity index (χ0v) is 17.9. The highest BCUT2D eigenvalue weighted by molar-refractivity contribution is 6.07. The minimum Gasteiger partial charge on any atom is -0.464 e. The van der Waals surface area contributed by atoms with E-state index in [1.807, 2.05) is 13.8 Å². The first kappa shape index (κ1) is 22.3. The fourth-order valence-corrected chi connectivity index (χ4v) is 3.66. The SMILES string of the molecule is COC(=O)c1c(C)c(C(=O)[C@@H](C)N(C(=O)c2ccc(F)cc2)C(C)C)c(C)n1C. The summed E-state index contributed by atoms with van der Waals surface area (Å²) in [7, 11) is 2.98. The molecule has 0 fully saturated rings. The third-order valence-electron chi connectivity index (χ3n) is 5.23. The maximum Gasteiger partial charge on any atom is 0.354 e. The van der Waals surface area contributed by atoms with Crippen molar-refractivity contribution in [2.45, 2.75) is 46.7 Å². The van der Waals surface area contributed by atoms with Crippen molar-refractivity contribution in [3.05, 3.63) is 58.2 Å². The maximum absolute atomic E-state index is 13.4. The van der Waals surface area contributed by atoms with Crippen LogP contribution in [-0.2, 0) is 11.8 Å². The molecule has 1 heterocycles. The number of ether oxygens (including phenoxy) is 1. The van der Waals surface area contributed by atoms with Crippen LogP contribution in [0.5, 0.6) is 0 Å². The van der Waals surface area contributed by atoms with Crippen LogP contribution in [0.3, 0.4) is 0 Å². The van der Waals surface area contributed by atoms with Crippen molar-refractivity contribution in [2.24, 2.45) is 7.05 Å². The number of carbonyl (C=O) groups is 3.